The fourth-order valence-electron chi connectivity index (χ4n) is 3.40. The van der Waals surface area contributed by atoms with E-state index in [9.17, 15) is 9.59 Å². The van der Waals surface area contributed by atoms with Crippen LogP contribution >= 0.6 is 12.4 Å². The number of piperidine rings is 1. The molecule has 0 saturated carbocycles. The van der Waals surface area contributed by atoms with E-state index >= 15 is 0 Å². The largest absolute Gasteiger partial charge is 0.384 e. The van der Waals surface area contributed by atoms with Gasteiger partial charge < -0.3 is 20.3 Å². The maximum absolute atomic E-state index is 12.3. The van der Waals surface area contributed by atoms with Gasteiger partial charge in [-0.3, -0.25) is 9.59 Å². The predicted octanol–water partition coefficient (Wildman–Crippen LogP) is 1.98. The zero-order valence-corrected chi connectivity index (χ0v) is 17.1. The van der Waals surface area contributed by atoms with Crippen molar-refractivity contribution in [3.8, 4) is 0 Å². The third-order valence-corrected chi connectivity index (χ3v) is 5.05. The van der Waals surface area contributed by atoms with Crippen LogP contribution in [-0.2, 0) is 20.9 Å². The van der Waals surface area contributed by atoms with Gasteiger partial charge in [-0.05, 0) is 31.5 Å². The van der Waals surface area contributed by atoms with Crippen molar-refractivity contribution in [2.45, 2.75) is 32.7 Å². The van der Waals surface area contributed by atoms with Gasteiger partial charge in [-0.2, -0.15) is 0 Å². The number of halogens is 1. The molecule has 2 rings (SSSR count). The van der Waals surface area contributed by atoms with E-state index in [0.717, 1.165) is 31.5 Å². The molecule has 0 aromatic heterocycles. The molecule has 1 aliphatic rings. The summed E-state index contributed by atoms with van der Waals surface area (Å²) in [5, 5.41) is 6.40. The summed E-state index contributed by atoms with van der Waals surface area (Å²) in [5.74, 6) is -0.0332. The molecule has 1 aromatic rings. The van der Waals surface area contributed by atoms with Crippen molar-refractivity contribution in [3.63, 3.8) is 0 Å². The molecule has 1 aliphatic heterocycles. The fourth-order valence-corrected chi connectivity index (χ4v) is 3.40. The number of hydrogen-bond donors (Lipinski definition) is 2. The summed E-state index contributed by atoms with van der Waals surface area (Å²) >= 11 is 0. The SMILES string of the molecule is COCC1(CNC(=O)CCN(Cc2ccccc2)C(C)=O)CCNCC1.Cl. The molecule has 1 heterocycles. The number of amides is 2. The molecule has 2 N–H and O–H groups in total. The van der Waals surface area contributed by atoms with Crippen LogP contribution in [0.4, 0.5) is 0 Å². The summed E-state index contributed by atoms with van der Waals surface area (Å²) in [6.07, 6.45) is 2.30. The van der Waals surface area contributed by atoms with E-state index < -0.39 is 0 Å². The fraction of sp³-hybridized carbons (Fsp3) is 0.600. The molecule has 0 aliphatic carbocycles. The van der Waals surface area contributed by atoms with Crippen molar-refractivity contribution in [1.82, 2.24) is 15.5 Å². The molecule has 0 unspecified atom stereocenters. The topological polar surface area (TPSA) is 70.7 Å². The molecule has 0 spiro atoms. The number of methoxy groups -OCH3 is 1. The van der Waals surface area contributed by atoms with Crippen LogP contribution in [0.5, 0.6) is 0 Å². The molecule has 0 atom stereocenters. The van der Waals surface area contributed by atoms with E-state index in [1.165, 1.54) is 0 Å². The van der Waals surface area contributed by atoms with Gasteiger partial charge in [0.15, 0.2) is 0 Å². The summed E-state index contributed by atoms with van der Waals surface area (Å²) in [6.45, 7) is 5.69. The van der Waals surface area contributed by atoms with Gasteiger partial charge in [-0.25, -0.2) is 0 Å². The summed E-state index contributed by atoms with van der Waals surface area (Å²) in [4.78, 5) is 25.9. The monoisotopic (exact) mass is 397 g/mol. The van der Waals surface area contributed by atoms with E-state index in [4.69, 9.17) is 4.74 Å². The Balaban J connectivity index is 0.00000364. The molecule has 27 heavy (non-hydrogen) atoms. The average molecular weight is 398 g/mol. The Morgan fingerprint density at radius 2 is 1.89 bits per heavy atom. The molecule has 152 valence electrons. The lowest BCUT2D eigenvalue weighted by Crippen LogP contribution is -2.47. The standard InChI is InChI=1S/C20H31N3O3.ClH/c1-17(24)23(14-18-6-4-3-5-7-18)13-8-19(25)22-15-20(16-26-2)9-11-21-12-10-20;/h3-7,21H,8-16H2,1-2H3,(H,22,25);1H. The van der Waals surface area contributed by atoms with Gasteiger partial charge in [0.05, 0.1) is 6.61 Å². The van der Waals surface area contributed by atoms with Gasteiger partial charge in [0, 0.05) is 45.5 Å². The number of rotatable bonds is 9. The Labute approximate surface area is 168 Å². The average Bonchev–Trinajstić information content (AvgIpc) is 2.65. The highest BCUT2D eigenvalue weighted by Gasteiger charge is 2.32. The minimum Gasteiger partial charge on any atom is -0.384 e. The minimum absolute atomic E-state index is 0. The van der Waals surface area contributed by atoms with Gasteiger partial charge in [0.1, 0.15) is 0 Å². The highest BCUT2D eigenvalue weighted by Crippen LogP contribution is 2.28. The van der Waals surface area contributed by atoms with E-state index in [1.807, 2.05) is 30.3 Å². The number of ether oxygens (including phenoxy) is 1. The summed E-state index contributed by atoms with van der Waals surface area (Å²) < 4.78 is 5.38. The molecular weight excluding hydrogens is 366 g/mol. The van der Waals surface area contributed by atoms with Crippen LogP contribution in [0.15, 0.2) is 30.3 Å². The lowest BCUT2D eigenvalue weighted by atomic mass is 9.79. The summed E-state index contributed by atoms with van der Waals surface area (Å²) in [5.41, 5.74) is 1.08. The van der Waals surface area contributed by atoms with Crippen LogP contribution < -0.4 is 10.6 Å². The third-order valence-electron chi connectivity index (χ3n) is 5.05. The zero-order valence-electron chi connectivity index (χ0n) is 16.3. The highest BCUT2D eigenvalue weighted by molar-refractivity contribution is 5.85. The number of carbonyl (C=O) groups is 2. The molecule has 1 fully saturated rings. The quantitative estimate of drug-likeness (QED) is 0.668. The van der Waals surface area contributed by atoms with Crippen LogP contribution in [-0.4, -0.2) is 56.6 Å². The lowest BCUT2D eigenvalue weighted by molar-refractivity contribution is -0.130. The van der Waals surface area contributed by atoms with Crippen molar-refractivity contribution in [3.05, 3.63) is 35.9 Å². The number of hydrogen-bond acceptors (Lipinski definition) is 4. The molecule has 0 bridgehead atoms. The van der Waals surface area contributed by atoms with E-state index in [0.29, 0.717) is 32.7 Å². The molecule has 1 saturated heterocycles. The summed E-state index contributed by atoms with van der Waals surface area (Å²) in [7, 11) is 1.71. The smallest absolute Gasteiger partial charge is 0.221 e. The van der Waals surface area contributed by atoms with Gasteiger partial charge in [0.25, 0.3) is 0 Å². The maximum Gasteiger partial charge on any atom is 0.221 e. The Bertz CT molecular complexity index is 572. The lowest BCUT2D eigenvalue weighted by Gasteiger charge is -2.37. The van der Waals surface area contributed by atoms with Crippen molar-refractivity contribution in [2.75, 3.05) is 39.9 Å². The van der Waals surface area contributed by atoms with E-state index in [1.54, 1.807) is 18.9 Å². The normalized spacial score (nSPS) is 15.5. The van der Waals surface area contributed by atoms with E-state index in [-0.39, 0.29) is 29.6 Å². The second-order valence-corrected chi connectivity index (χ2v) is 7.14. The first-order valence-electron chi connectivity index (χ1n) is 9.30. The first kappa shape index (κ1) is 23.4. The van der Waals surface area contributed by atoms with Crippen molar-refractivity contribution in [1.29, 1.82) is 0 Å². The van der Waals surface area contributed by atoms with Crippen LogP contribution in [0.2, 0.25) is 0 Å². The Morgan fingerprint density at radius 1 is 1.22 bits per heavy atom. The molecule has 0 radical (unpaired) electrons. The van der Waals surface area contributed by atoms with Crippen molar-refractivity contribution in [2.24, 2.45) is 5.41 Å². The van der Waals surface area contributed by atoms with Crippen molar-refractivity contribution >= 4 is 24.2 Å². The first-order chi connectivity index (χ1) is 12.5. The summed E-state index contributed by atoms with van der Waals surface area (Å²) in [6, 6.07) is 9.83. The van der Waals surface area contributed by atoms with Crippen LogP contribution in [0.25, 0.3) is 0 Å². The maximum atomic E-state index is 12.3. The second-order valence-electron chi connectivity index (χ2n) is 7.14. The van der Waals surface area contributed by atoms with Crippen LogP contribution in [0, 0.1) is 5.41 Å². The number of carbonyl (C=O) groups excluding carboxylic acids is 2. The van der Waals surface area contributed by atoms with Gasteiger partial charge in [-0.15, -0.1) is 12.4 Å². The van der Waals surface area contributed by atoms with Gasteiger partial charge in [-0.1, -0.05) is 30.3 Å². The first-order valence-corrected chi connectivity index (χ1v) is 9.30. The Morgan fingerprint density at radius 3 is 2.48 bits per heavy atom. The highest BCUT2D eigenvalue weighted by atomic mass is 35.5. The van der Waals surface area contributed by atoms with E-state index in [2.05, 4.69) is 10.6 Å². The number of nitrogens with zero attached hydrogens (tertiary/aromatic N) is 1. The zero-order chi connectivity index (χ0) is 18.8. The second kappa shape index (κ2) is 12.0. The third kappa shape index (κ3) is 7.87. The number of benzene rings is 1. The molecule has 1 aromatic carbocycles. The molecular formula is C20H32ClN3O3. The van der Waals surface area contributed by atoms with Gasteiger partial charge >= 0.3 is 0 Å². The van der Waals surface area contributed by atoms with Gasteiger partial charge in [0.2, 0.25) is 11.8 Å². The molecule has 2 amide bonds. The minimum atomic E-state index is -0.0177. The van der Waals surface area contributed by atoms with Crippen LogP contribution in [0.1, 0.15) is 31.7 Å². The molecule has 6 nitrogen and oxygen atoms in total. The number of nitrogens with one attached hydrogen (secondary N) is 2. The van der Waals surface area contributed by atoms with Crippen molar-refractivity contribution < 1.29 is 14.3 Å². The Hall–Kier alpha value is -1.63. The van der Waals surface area contributed by atoms with Crippen LogP contribution in [0.3, 0.4) is 0 Å². The molecule has 7 heteroatoms. The predicted molar refractivity (Wildman–Crippen MR) is 109 cm³/mol. The Kier molecular flexibility index (Phi) is 10.4.